The molecule has 0 aliphatic heterocycles. The van der Waals surface area contributed by atoms with Gasteiger partial charge in [0.15, 0.2) is 0 Å². The summed E-state index contributed by atoms with van der Waals surface area (Å²) >= 11 is 0. The molecule has 0 radical (unpaired) electrons. The van der Waals surface area contributed by atoms with Gasteiger partial charge in [-0.1, -0.05) is 39.5 Å². The number of nitrogens with one attached hydrogen (secondary N) is 1. The third-order valence-corrected chi connectivity index (χ3v) is 3.52. The van der Waals surface area contributed by atoms with Gasteiger partial charge in [-0.15, -0.1) is 0 Å². The maximum atomic E-state index is 4.40. The molecule has 0 amide bonds. The summed E-state index contributed by atoms with van der Waals surface area (Å²) in [5, 5.41) is 7.93. The average Bonchev–Trinajstić information content (AvgIpc) is 2.85. The van der Waals surface area contributed by atoms with E-state index in [1.54, 1.807) is 0 Å². The van der Waals surface area contributed by atoms with Gasteiger partial charge in [-0.3, -0.25) is 4.68 Å². The molecule has 0 spiro atoms. The lowest BCUT2D eigenvalue weighted by atomic mass is 10.1. The van der Waals surface area contributed by atoms with Crippen molar-refractivity contribution in [1.29, 1.82) is 0 Å². The van der Waals surface area contributed by atoms with Gasteiger partial charge in [0, 0.05) is 18.8 Å². The van der Waals surface area contributed by atoms with Crippen molar-refractivity contribution < 1.29 is 0 Å². The highest BCUT2D eigenvalue weighted by Crippen LogP contribution is 2.12. The van der Waals surface area contributed by atoms with E-state index in [-0.39, 0.29) is 0 Å². The van der Waals surface area contributed by atoms with Crippen molar-refractivity contribution in [3.8, 4) is 0 Å². The van der Waals surface area contributed by atoms with E-state index < -0.39 is 0 Å². The molecule has 1 unspecified atom stereocenters. The number of rotatable bonds is 10. The molecule has 0 saturated heterocycles. The topological polar surface area (TPSA) is 29.9 Å². The summed E-state index contributed by atoms with van der Waals surface area (Å²) in [7, 11) is 0. The third kappa shape index (κ3) is 5.21. The summed E-state index contributed by atoms with van der Waals surface area (Å²) in [6.07, 6.45) is 9.75. The summed E-state index contributed by atoms with van der Waals surface area (Å²) in [6, 6.07) is 2.62. The summed E-state index contributed by atoms with van der Waals surface area (Å²) < 4.78 is 2.14. The standard InChI is InChI=1S/C15H29N3/c1-4-6-7-8-9-11-16-13-15-10-12-17-18(15)14(3)5-2/h10,12,14,16H,4-9,11,13H2,1-3H3. The van der Waals surface area contributed by atoms with Crippen LogP contribution in [0.1, 0.15) is 71.0 Å². The van der Waals surface area contributed by atoms with Crippen LogP contribution >= 0.6 is 0 Å². The normalized spacial score (nSPS) is 12.8. The molecule has 0 aromatic carbocycles. The lowest BCUT2D eigenvalue weighted by Gasteiger charge is -2.14. The van der Waals surface area contributed by atoms with Gasteiger partial charge in [0.05, 0.1) is 5.69 Å². The Morgan fingerprint density at radius 1 is 1.22 bits per heavy atom. The van der Waals surface area contributed by atoms with E-state index in [1.807, 2.05) is 6.20 Å². The summed E-state index contributed by atoms with van der Waals surface area (Å²) in [5.74, 6) is 0. The van der Waals surface area contributed by atoms with Crippen molar-refractivity contribution in [2.24, 2.45) is 0 Å². The fourth-order valence-corrected chi connectivity index (χ4v) is 2.12. The largest absolute Gasteiger partial charge is 0.311 e. The Hall–Kier alpha value is -0.830. The van der Waals surface area contributed by atoms with E-state index in [2.05, 4.69) is 41.9 Å². The van der Waals surface area contributed by atoms with Crippen molar-refractivity contribution in [2.75, 3.05) is 6.54 Å². The maximum Gasteiger partial charge on any atom is 0.0525 e. The van der Waals surface area contributed by atoms with Gasteiger partial charge in [-0.2, -0.15) is 5.10 Å². The Morgan fingerprint density at radius 2 is 2.00 bits per heavy atom. The van der Waals surface area contributed by atoms with Gasteiger partial charge in [-0.05, 0) is 32.4 Å². The van der Waals surface area contributed by atoms with E-state index in [4.69, 9.17) is 0 Å². The molecule has 0 aliphatic carbocycles. The Kier molecular flexibility index (Phi) is 7.74. The molecular formula is C15H29N3. The van der Waals surface area contributed by atoms with Crippen LogP contribution in [0.2, 0.25) is 0 Å². The molecule has 1 aromatic rings. The molecule has 1 heterocycles. The van der Waals surface area contributed by atoms with E-state index in [9.17, 15) is 0 Å². The van der Waals surface area contributed by atoms with Gasteiger partial charge < -0.3 is 5.32 Å². The molecular weight excluding hydrogens is 222 g/mol. The zero-order valence-electron chi connectivity index (χ0n) is 12.3. The fourth-order valence-electron chi connectivity index (χ4n) is 2.12. The van der Waals surface area contributed by atoms with Gasteiger partial charge in [0.1, 0.15) is 0 Å². The SMILES string of the molecule is CCCCCCCNCc1ccnn1C(C)CC. The van der Waals surface area contributed by atoms with Crippen LogP contribution in [-0.2, 0) is 6.54 Å². The number of unbranched alkanes of at least 4 members (excludes halogenated alkanes) is 4. The van der Waals surface area contributed by atoms with Crippen LogP contribution in [0.25, 0.3) is 0 Å². The van der Waals surface area contributed by atoms with Crippen molar-refractivity contribution in [2.45, 2.75) is 71.9 Å². The van der Waals surface area contributed by atoms with Gasteiger partial charge in [0.2, 0.25) is 0 Å². The second-order valence-corrected chi connectivity index (χ2v) is 5.12. The molecule has 0 aliphatic rings. The highest BCUT2D eigenvalue weighted by molar-refractivity contribution is 5.01. The van der Waals surface area contributed by atoms with E-state index in [0.29, 0.717) is 6.04 Å². The highest BCUT2D eigenvalue weighted by Gasteiger charge is 2.07. The van der Waals surface area contributed by atoms with Crippen LogP contribution < -0.4 is 5.32 Å². The molecule has 1 N–H and O–H groups in total. The third-order valence-electron chi connectivity index (χ3n) is 3.52. The Bertz CT molecular complexity index is 306. The first-order chi connectivity index (χ1) is 8.79. The molecule has 3 nitrogen and oxygen atoms in total. The van der Waals surface area contributed by atoms with Gasteiger partial charge in [0.25, 0.3) is 0 Å². The Morgan fingerprint density at radius 3 is 2.72 bits per heavy atom. The quantitative estimate of drug-likeness (QED) is 0.639. The minimum atomic E-state index is 0.501. The van der Waals surface area contributed by atoms with Crippen LogP contribution in [-0.4, -0.2) is 16.3 Å². The second kappa shape index (κ2) is 9.15. The number of nitrogens with zero attached hydrogens (tertiary/aromatic N) is 2. The monoisotopic (exact) mass is 251 g/mol. The number of aromatic nitrogens is 2. The fraction of sp³-hybridized carbons (Fsp3) is 0.800. The number of hydrogen-bond donors (Lipinski definition) is 1. The molecule has 3 heteroatoms. The first kappa shape index (κ1) is 15.2. The second-order valence-electron chi connectivity index (χ2n) is 5.12. The lowest BCUT2D eigenvalue weighted by molar-refractivity contribution is 0.450. The maximum absolute atomic E-state index is 4.40. The van der Waals surface area contributed by atoms with Crippen LogP contribution in [0, 0.1) is 0 Å². The van der Waals surface area contributed by atoms with Crippen LogP contribution in [0.5, 0.6) is 0 Å². The van der Waals surface area contributed by atoms with Crippen LogP contribution in [0.4, 0.5) is 0 Å². The van der Waals surface area contributed by atoms with Gasteiger partial charge >= 0.3 is 0 Å². The van der Waals surface area contributed by atoms with E-state index >= 15 is 0 Å². The molecule has 104 valence electrons. The van der Waals surface area contributed by atoms with E-state index in [1.165, 1.54) is 37.8 Å². The van der Waals surface area contributed by atoms with Crippen LogP contribution in [0.15, 0.2) is 12.3 Å². The van der Waals surface area contributed by atoms with E-state index in [0.717, 1.165) is 19.5 Å². The summed E-state index contributed by atoms with van der Waals surface area (Å²) in [4.78, 5) is 0. The summed E-state index contributed by atoms with van der Waals surface area (Å²) in [5.41, 5.74) is 1.30. The predicted molar refractivity (Wildman–Crippen MR) is 77.7 cm³/mol. The number of hydrogen-bond acceptors (Lipinski definition) is 2. The molecule has 0 bridgehead atoms. The predicted octanol–water partition coefficient (Wildman–Crippen LogP) is 3.91. The first-order valence-corrected chi connectivity index (χ1v) is 7.52. The zero-order chi connectivity index (χ0) is 13.2. The highest BCUT2D eigenvalue weighted by atomic mass is 15.3. The smallest absolute Gasteiger partial charge is 0.0525 e. The van der Waals surface area contributed by atoms with Crippen molar-refractivity contribution >= 4 is 0 Å². The Labute approximate surface area is 112 Å². The minimum absolute atomic E-state index is 0.501. The minimum Gasteiger partial charge on any atom is -0.311 e. The zero-order valence-corrected chi connectivity index (χ0v) is 12.3. The van der Waals surface area contributed by atoms with Crippen molar-refractivity contribution in [1.82, 2.24) is 15.1 Å². The molecule has 1 atom stereocenters. The average molecular weight is 251 g/mol. The molecule has 1 aromatic heterocycles. The first-order valence-electron chi connectivity index (χ1n) is 7.52. The van der Waals surface area contributed by atoms with Crippen molar-refractivity contribution in [3.05, 3.63) is 18.0 Å². The molecule has 18 heavy (non-hydrogen) atoms. The molecule has 1 rings (SSSR count). The molecule has 0 saturated carbocycles. The van der Waals surface area contributed by atoms with Gasteiger partial charge in [-0.25, -0.2) is 0 Å². The Balaban J connectivity index is 2.17. The molecule has 0 fully saturated rings. The summed E-state index contributed by atoms with van der Waals surface area (Å²) in [6.45, 7) is 8.75. The van der Waals surface area contributed by atoms with Crippen molar-refractivity contribution in [3.63, 3.8) is 0 Å². The lowest BCUT2D eigenvalue weighted by Crippen LogP contribution is -2.19. The van der Waals surface area contributed by atoms with Crippen LogP contribution in [0.3, 0.4) is 0 Å².